The lowest BCUT2D eigenvalue weighted by Gasteiger charge is -2.12. The van der Waals surface area contributed by atoms with Gasteiger partial charge in [-0.15, -0.1) is 13.2 Å². The van der Waals surface area contributed by atoms with Crippen LogP contribution in [0, 0.1) is 0 Å². The van der Waals surface area contributed by atoms with Crippen LogP contribution >= 0.6 is 0 Å². The van der Waals surface area contributed by atoms with Crippen LogP contribution in [-0.4, -0.2) is 24.9 Å². The van der Waals surface area contributed by atoms with E-state index in [0.29, 0.717) is 5.69 Å². The fourth-order valence-corrected chi connectivity index (χ4v) is 1.36. The minimum atomic E-state index is -4.73. The molecule has 106 valence electrons. The van der Waals surface area contributed by atoms with Crippen LogP contribution in [0.4, 0.5) is 18.9 Å². The van der Waals surface area contributed by atoms with Gasteiger partial charge in [-0.1, -0.05) is 6.07 Å². The molecule has 1 rings (SSSR count). The Hall–Kier alpha value is -1.92. The zero-order chi connectivity index (χ0) is 14.5. The summed E-state index contributed by atoms with van der Waals surface area (Å²) in [5.74, 6) is -0.570. The summed E-state index contributed by atoms with van der Waals surface area (Å²) in [6, 6.07) is 5.33. The molecule has 1 aromatic carbocycles. The van der Waals surface area contributed by atoms with Gasteiger partial charge < -0.3 is 15.4 Å². The number of carbonyl (C=O) groups excluding carboxylic acids is 1. The Morgan fingerprint density at radius 1 is 1.37 bits per heavy atom. The molecule has 0 atom stereocenters. The van der Waals surface area contributed by atoms with Gasteiger partial charge in [0.2, 0.25) is 5.91 Å². The second-order valence-electron chi connectivity index (χ2n) is 4.15. The first kappa shape index (κ1) is 15.1. The summed E-state index contributed by atoms with van der Waals surface area (Å²) in [6.45, 7) is 3.61. The molecular formula is C12H15F3N2O2. The normalized spacial score (nSPS) is 11.3. The van der Waals surface area contributed by atoms with Gasteiger partial charge in [0.25, 0.3) is 0 Å². The van der Waals surface area contributed by atoms with E-state index in [1.54, 1.807) is 6.07 Å². The van der Waals surface area contributed by atoms with Crippen LogP contribution in [0.25, 0.3) is 0 Å². The molecule has 0 aliphatic carbocycles. The van der Waals surface area contributed by atoms with E-state index < -0.39 is 6.36 Å². The van der Waals surface area contributed by atoms with Gasteiger partial charge in [-0.05, 0) is 26.0 Å². The number of alkyl halides is 3. The SMILES string of the molecule is CC(C)NC(=O)CNc1cccc(OC(F)(F)F)c1. The minimum absolute atomic E-state index is 0.00852. The molecule has 1 amide bonds. The van der Waals surface area contributed by atoms with Crippen molar-refractivity contribution in [1.82, 2.24) is 5.32 Å². The van der Waals surface area contributed by atoms with Crippen LogP contribution in [0.3, 0.4) is 0 Å². The number of rotatable bonds is 5. The molecule has 0 unspecified atom stereocenters. The zero-order valence-electron chi connectivity index (χ0n) is 10.5. The van der Waals surface area contributed by atoms with Gasteiger partial charge in [0, 0.05) is 17.8 Å². The Balaban J connectivity index is 2.55. The second-order valence-corrected chi connectivity index (χ2v) is 4.15. The first-order chi connectivity index (χ1) is 8.76. The number of halogens is 3. The quantitative estimate of drug-likeness (QED) is 0.869. The number of anilines is 1. The molecule has 0 aromatic heterocycles. The number of nitrogens with one attached hydrogen (secondary N) is 2. The highest BCUT2D eigenvalue weighted by atomic mass is 19.4. The maximum absolute atomic E-state index is 12.0. The lowest BCUT2D eigenvalue weighted by Crippen LogP contribution is -2.34. The first-order valence-electron chi connectivity index (χ1n) is 5.65. The van der Waals surface area contributed by atoms with Crippen LogP contribution in [0.2, 0.25) is 0 Å². The topological polar surface area (TPSA) is 50.4 Å². The third-order valence-electron chi connectivity index (χ3n) is 1.97. The molecular weight excluding hydrogens is 261 g/mol. The van der Waals surface area contributed by atoms with Crippen molar-refractivity contribution in [3.05, 3.63) is 24.3 Å². The summed E-state index contributed by atoms with van der Waals surface area (Å²) in [6.07, 6.45) is -4.73. The Bertz CT molecular complexity index is 433. The number of hydrogen-bond acceptors (Lipinski definition) is 3. The maximum Gasteiger partial charge on any atom is 0.573 e. The summed E-state index contributed by atoms with van der Waals surface area (Å²) in [4.78, 5) is 11.4. The highest BCUT2D eigenvalue weighted by molar-refractivity contribution is 5.80. The summed E-state index contributed by atoms with van der Waals surface area (Å²) in [5, 5.41) is 5.37. The third kappa shape index (κ3) is 6.54. The molecule has 0 fully saturated rings. The molecule has 2 N–H and O–H groups in total. The monoisotopic (exact) mass is 276 g/mol. The molecule has 19 heavy (non-hydrogen) atoms. The van der Waals surface area contributed by atoms with Gasteiger partial charge >= 0.3 is 6.36 Å². The minimum Gasteiger partial charge on any atom is -0.406 e. The van der Waals surface area contributed by atoms with E-state index in [-0.39, 0.29) is 24.2 Å². The van der Waals surface area contributed by atoms with Crippen LogP contribution in [0.1, 0.15) is 13.8 Å². The highest BCUT2D eigenvalue weighted by Crippen LogP contribution is 2.24. The van der Waals surface area contributed by atoms with E-state index >= 15 is 0 Å². The summed E-state index contributed by atoms with van der Waals surface area (Å²) in [5.41, 5.74) is 0.376. The molecule has 0 saturated heterocycles. The average molecular weight is 276 g/mol. The third-order valence-corrected chi connectivity index (χ3v) is 1.97. The standard InChI is InChI=1S/C12H15F3N2O2/c1-8(2)17-11(18)7-16-9-4-3-5-10(6-9)19-12(13,14)15/h3-6,8,16H,7H2,1-2H3,(H,17,18). The van der Waals surface area contributed by atoms with E-state index in [0.717, 1.165) is 0 Å². The van der Waals surface area contributed by atoms with Crippen molar-refractivity contribution >= 4 is 11.6 Å². The lowest BCUT2D eigenvalue weighted by molar-refractivity contribution is -0.274. The van der Waals surface area contributed by atoms with E-state index in [1.807, 2.05) is 13.8 Å². The van der Waals surface area contributed by atoms with Crippen molar-refractivity contribution in [3.63, 3.8) is 0 Å². The smallest absolute Gasteiger partial charge is 0.406 e. The van der Waals surface area contributed by atoms with Crippen molar-refractivity contribution in [2.24, 2.45) is 0 Å². The zero-order valence-corrected chi connectivity index (χ0v) is 10.5. The van der Waals surface area contributed by atoms with Gasteiger partial charge in [0.15, 0.2) is 0 Å². The lowest BCUT2D eigenvalue weighted by atomic mass is 10.3. The Morgan fingerprint density at radius 2 is 2.05 bits per heavy atom. The fourth-order valence-electron chi connectivity index (χ4n) is 1.36. The maximum atomic E-state index is 12.0. The number of benzene rings is 1. The molecule has 0 heterocycles. The molecule has 0 spiro atoms. The Labute approximate surface area is 108 Å². The summed E-state index contributed by atoms with van der Waals surface area (Å²) < 4.78 is 39.8. The average Bonchev–Trinajstić information content (AvgIpc) is 2.23. The van der Waals surface area contributed by atoms with E-state index in [4.69, 9.17) is 0 Å². The van der Waals surface area contributed by atoms with E-state index in [2.05, 4.69) is 15.4 Å². The number of ether oxygens (including phenoxy) is 1. The van der Waals surface area contributed by atoms with E-state index in [1.165, 1.54) is 18.2 Å². The molecule has 0 aliphatic heterocycles. The molecule has 7 heteroatoms. The second kappa shape index (κ2) is 6.31. The molecule has 1 aromatic rings. The predicted molar refractivity (Wildman–Crippen MR) is 64.9 cm³/mol. The van der Waals surface area contributed by atoms with Crippen LogP contribution in [0.15, 0.2) is 24.3 Å². The largest absolute Gasteiger partial charge is 0.573 e. The van der Waals surface area contributed by atoms with Crippen LogP contribution in [0.5, 0.6) is 5.75 Å². The van der Waals surface area contributed by atoms with Gasteiger partial charge in [-0.25, -0.2) is 0 Å². The van der Waals surface area contributed by atoms with E-state index in [9.17, 15) is 18.0 Å². The molecule has 0 saturated carbocycles. The van der Waals surface area contributed by atoms with Crippen molar-refractivity contribution in [2.45, 2.75) is 26.3 Å². The number of amides is 1. The molecule has 0 radical (unpaired) electrons. The molecule has 0 bridgehead atoms. The fraction of sp³-hybridized carbons (Fsp3) is 0.417. The molecule has 0 aliphatic rings. The van der Waals surface area contributed by atoms with Gasteiger partial charge in [-0.2, -0.15) is 0 Å². The van der Waals surface area contributed by atoms with Gasteiger partial charge in [-0.3, -0.25) is 4.79 Å². The highest BCUT2D eigenvalue weighted by Gasteiger charge is 2.31. The predicted octanol–water partition coefficient (Wildman–Crippen LogP) is 2.52. The number of hydrogen-bond donors (Lipinski definition) is 2. The van der Waals surface area contributed by atoms with Crippen molar-refractivity contribution in [3.8, 4) is 5.75 Å². The summed E-state index contributed by atoms with van der Waals surface area (Å²) >= 11 is 0. The summed E-state index contributed by atoms with van der Waals surface area (Å²) in [7, 11) is 0. The van der Waals surface area contributed by atoms with Crippen molar-refractivity contribution < 1.29 is 22.7 Å². The Morgan fingerprint density at radius 3 is 2.63 bits per heavy atom. The number of carbonyl (C=O) groups is 1. The van der Waals surface area contributed by atoms with Crippen LogP contribution < -0.4 is 15.4 Å². The Kier molecular flexibility index (Phi) is 5.02. The van der Waals surface area contributed by atoms with Gasteiger partial charge in [0.1, 0.15) is 5.75 Å². The van der Waals surface area contributed by atoms with Crippen LogP contribution in [-0.2, 0) is 4.79 Å². The van der Waals surface area contributed by atoms with Crippen molar-refractivity contribution in [1.29, 1.82) is 0 Å². The van der Waals surface area contributed by atoms with Crippen molar-refractivity contribution in [2.75, 3.05) is 11.9 Å². The van der Waals surface area contributed by atoms with Gasteiger partial charge in [0.05, 0.1) is 6.54 Å². The first-order valence-corrected chi connectivity index (χ1v) is 5.65. The molecule has 4 nitrogen and oxygen atoms in total.